The van der Waals surface area contributed by atoms with Gasteiger partial charge in [-0.1, -0.05) is 18.2 Å². The number of nitrogens with zero attached hydrogens (tertiary/aromatic N) is 1. The molecule has 7 nitrogen and oxygen atoms in total. The molecule has 140 valence electrons. The van der Waals surface area contributed by atoms with Crippen LogP contribution in [-0.2, 0) is 17.6 Å². The molecule has 3 rings (SSSR count). The summed E-state index contributed by atoms with van der Waals surface area (Å²) in [5.74, 6) is 0.158. The SMILES string of the molecule is O=C(CCCc1nc2ccccc2c(=O)[nH]1)NCCc1ccc(O)c(O)c1. The first-order valence-corrected chi connectivity index (χ1v) is 8.78. The summed E-state index contributed by atoms with van der Waals surface area (Å²) in [6, 6.07) is 11.7. The summed E-state index contributed by atoms with van der Waals surface area (Å²) >= 11 is 0. The molecule has 1 aromatic heterocycles. The van der Waals surface area contributed by atoms with Crippen LogP contribution in [-0.4, -0.2) is 32.6 Å². The van der Waals surface area contributed by atoms with Crippen molar-refractivity contribution in [1.29, 1.82) is 0 Å². The zero-order valence-corrected chi connectivity index (χ0v) is 14.7. The van der Waals surface area contributed by atoms with E-state index in [1.54, 1.807) is 24.3 Å². The third-order valence-corrected chi connectivity index (χ3v) is 4.25. The van der Waals surface area contributed by atoms with Crippen LogP contribution in [0, 0.1) is 0 Å². The molecule has 0 aliphatic heterocycles. The van der Waals surface area contributed by atoms with Crippen molar-refractivity contribution in [2.75, 3.05) is 6.54 Å². The fourth-order valence-corrected chi connectivity index (χ4v) is 2.83. The molecule has 0 aliphatic rings. The van der Waals surface area contributed by atoms with Crippen LogP contribution in [0.3, 0.4) is 0 Å². The summed E-state index contributed by atoms with van der Waals surface area (Å²) in [6.07, 6.45) is 1.98. The first-order chi connectivity index (χ1) is 13.0. The molecule has 0 radical (unpaired) electrons. The number of aryl methyl sites for hydroxylation is 1. The number of hydrogen-bond acceptors (Lipinski definition) is 5. The van der Waals surface area contributed by atoms with E-state index in [1.165, 1.54) is 12.1 Å². The molecule has 0 spiro atoms. The Labute approximate surface area is 155 Å². The number of carbonyl (C=O) groups excluding carboxylic acids is 1. The minimum atomic E-state index is -0.171. The molecule has 0 aliphatic carbocycles. The van der Waals surface area contributed by atoms with Gasteiger partial charge < -0.3 is 20.5 Å². The topological polar surface area (TPSA) is 115 Å². The molecule has 0 fully saturated rings. The van der Waals surface area contributed by atoms with Crippen LogP contribution < -0.4 is 10.9 Å². The Kier molecular flexibility index (Phi) is 5.71. The van der Waals surface area contributed by atoms with Gasteiger partial charge in [-0.05, 0) is 42.7 Å². The zero-order valence-electron chi connectivity index (χ0n) is 14.7. The zero-order chi connectivity index (χ0) is 19.2. The lowest BCUT2D eigenvalue weighted by molar-refractivity contribution is -0.121. The molecule has 0 atom stereocenters. The molecular formula is C20H21N3O4. The van der Waals surface area contributed by atoms with Crippen LogP contribution in [0.5, 0.6) is 11.5 Å². The second-order valence-corrected chi connectivity index (χ2v) is 6.31. The normalized spacial score (nSPS) is 10.8. The average molecular weight is 367 g/mol. The number of para-hydroxylation sites is 1. The Balaban J connectivity index is 1.44. The van der Waals surface area contributed by atoms with Crippen molar-refractivity contribution in [1.82, 2.24) is 15.3 Å². The molecule has 1 amide bonds. The van der Waals surface area contributed by atoms with Crippen molar-refractivity contribution < 1.29 is 15.0 Å². The summed E-state index contributed by atoms with van der Waals surface area (Å²) in [5.41, 5.74) is 1.30. The highest BCUT2D eigenvalue weighted by atomic mass is 16.3. The monoisotopic (exact) mass is 367 g/mol. The largest absolute Gasteiger partial charge is 0.504 e. The Morgan fingerprint density at radius 2 is 1.89 bits per heavy atom. The van der Waals surface area contributed by atoms with E-state index in [1.807, 2.05) is 6.07 Å². The van der Waals surface area contributed by atoms with Gasteiger partial charge in [0.05, 0.1) is 10.9 Å². The van der Waals surface area contributed by atoms with Crippen molar-refractivity contribution in [3.8, 4) is 11.5 Å². The van der Waals surface area contributed by atoms with E-state index in [4.69, 9.17) is 0 Å². The third-order valence-electron chi connectivity index (χ3n) is 4.25. The van der Waals surface area contributed by atoms with Crippen molar-refractivity contribution in [2.45, 2.75) is 25.7 Å². The number of fused-ring (bicyclic) bond motifs is 1. The lowest BCUT2D eigenvalue weighted by Crippen LogP contribution is -2.25. The predicted octanol–water partition coefficient (Wildman–Crippen LogP) is 2.02. The molecule has 3 aromatic rings. The lowest BCUT2D eigenvalue weighted by atomic mass is 10.1. The van der Waals surface area contributed by atoms with E-state index in [0.717, 1.165) is 5.56 Å². The molecule has 0 unspecified atom stereocenters. The Hall–Kier alpha value is -3.35. The molecule has 2 aromatic carbocycles. The number of carbonyl (C=O) groups is 1. The first kappa shape index (κ1) is 18.4. The quantitative estimate of drug-likeness (QED) is 0.477. The predicted molar refractivity (Wildman–Crippen MR) is 102 cm³/mol. The van der Waals surface area contributed by atoms with Crippen LogP contribution in [0.4, 0.5) is 0 Å². The average Bonchev–Trinajstić information content (AvgIpc) is 2.65. The maximum Gasteiger partial charge on any atom is 0.258 e. The van der Waals surface area contributed by atoms with Crippen molar-refractivity contribution in [3.63, 3.8) is 0 Å². The second kappa shape index (κ2) is 8.35. The highest BCUT2D eigenvalue weighted by molar-refractivity contribution is 5.77. The summed E-state index contributed by atoms with van der Waals surface area (Å²) in [5, 5.41) is 22.1. The van der Waals surface area contributed by atoms with E-state index in [-0.39, 0.29) is 23.0 Å². The highest BCUT2D eigenvalue weighted by Crippen LogP contribution is 2.24. The standard InChI is InChI=1S/C20H21N3O4/c24-16-9-8-13(12-17(16)25)10-11-21-19(26)7-3-6-18-22-15-5-2-1-4-14(15)20(27)23-18/h1-2,4-5,8-9,12,24-25H,3,6-7,10-11H2,(H,21,26)(H,22,23,27). The van der Waals surface area contributed by atoms with Gasteiger partial charge in [0, 0.05) is 19.4 Å². The number of benzene rings is 2. The van der Waals surface area contributed by atoms with Crippen molar-refractivity contribution >= 4 is 16.8 Å². The van der Waals surface area contributed by atoms with Gasteiger partial charge in [-0.15, -0.1) is 0 Å². The summed E-state index contributed by atoms with van der Waals surface area (Å²) in [6.45, 7) is 0.439. The van der Waals surface area contributed by atoms with Gasteiger partial charge in [-0.3, -0.25) is 9.59 Å². The minimum absolute atomic E-state index is 0.0823. The Morgan fingerprint density at radius 3 is 2.70 bits per heavy atom. The van der Waals surface area contributed by atoms with E-state index in [2.05, 4.69) is 15.3 Å². The molecule has 0 saturated heterocycles. The summed E-state index contributed by atoms with van der Waals surface area (Å²) in [7, 11) is 0. The van der Waals surface area contributed by atoms with Gasteiger partial charge in [0.15, 0.2) is 11.5 Å². The van der Waals surface area contributed by atoms with Gasteiger partial charge in [0.2, 0.25) is 5.91 Å². The molecule has 27 heavy (non-hydrogen) atoms. The summed E-state index contributed by atoms with van der Waals surface area (Å²) < 4.78 is 0. The van der Waals surface area contributed by atoms with Crippen molar-refractivity contribution in [2.24, 2.45) is 0 Å². The third kappa shape index (κ3) is 4.84. The van der Waals surface area contributed by atoms with Crippen LogP contribution in [0.25, 0.3) is 10.9 Å². The van der Waals surface area contributed by atoms with E-state index < -0.39 is 0 Å². The number of rotatable bonds is 7. The minimum Gasteiger partial charge on any atom is -0.504 e. The van der Waals surface area contributed by atoms with Crippen LogP contribution in [0.15, 0.2) is 47.3 Å². The van der Waals surface area contributed by atoms with Gasteiger partial charge in [0.25, 0.3) is 5.56 Å². The van der Waals surface area contributed by atoms with Crippen LogP contribution >= 0.6 is 0 Å². The van der Waals surface area contributed by atoms with Gasteiger partial charge in [-0.2, -0.15) is 0 Å². The number of aromatic nitrogens is 2. The molecule has 1 heterocycles. The number of amides is 1. The van der Waals surface area contributed by atoms with Gasteiger partial charge in [0.1, 0.15) is 5.82 Å². The Bertz CT molecular complexity index is 1010. The number of H-pyrrole nitrogens is 1. The van der Waals surface area contributed by atoms with Crippen LogP contribution in [0.2, 0.25) is 0 Å². The van der Waals surface area contributed by atoms with Crippen molar-refractivity contribution in [3.05, 3.63) is 64.2 Å². The van der Waals surface area contributed by atoms with E-state index in [0.29, 0.717) is 49.0 Å². The van der Waals surface area contributed by atoms with E-state index in [9.17, 15) is 19.8 Å². The number of phenolic OH excluding ortho intramolecular Hbond substituents is 2. The summed E-state index contributed by atoms with van der Waals surface area (Å²) in [4.78, 5) is 31.1. The smallest absolute Gasteiger partial charge is 0.258 e. The first-order valence-electron chi connectivity index (χ1n) is 8.78. The number of nitrogens with one attached hydrogen (secondary N) is 2. The number of aromatic amines is 1. The maximum absolute atomic E-state index is 12.0. The molecular weight excluding hydrogens is 346 g/mol. The Morgan fingerprint density at radius 1 is 1.07 bits per heavy atom. The molecule has 0 bridgehead atoms. The lowest BCUT2D eigenvalue weighted by Gasteiger charge is -2.07. The highest BCUT2D eigenvalue weighted by Gasteiger charge is 2.06. The van der Waals surface area contributed by atoms with Gasteiger partial charge >= 0.3 is 0 Å². The fourth-order valence-electron chi connectivity index (χ4n) is 2.83. The number of hydrogen-bond donors (Lipinski definition) is 4. The number of aromatic hydroxyl groups is 2. The molecule has 4 N–H and O–H groups in total. The molecule has 0 saturated carbocycles. The fraction of sp³-hybridized carbons (Fsp3) is 0.250. The molecule has 7 heteroatoms. The second-order valence-electron chi connectivity index (χ2n) is 6.31. The van der Waals surface area contributed by atoms with Gasteiger partial charge in [-0.25, -0.2) is 4.98 Å². The maximum atomic E-state index is 12.0. The number of phenols is 2. The van der Waals surface area contributed by atoms with E-state index >= 15 is 0 Å². The van der Waals surface area contributed by atoms with Crippen LogP contribution in [0.1, 0.15) is 24.2 Å².